The summed E-state index contributed by atoms with van der Waals surface area (Å²) in [7, 11) is 0. The molecule has 0 aliphatic rings. The van der Waals surface area contributed by atoms with Crippen LogP contribution in [0.5, 0.6) is 0 Å². The van der Waals surface area contributed by atoms with Crippen molar-refractivity contribution in [2.75, 3.05) is 5.88 Å². The molecule has 0 atom stereocenters. The summed E-state index contributed by atoms with van der Waals surface area (Å²) in [5.74, 6) is 0.288. The average molecular weight is 185 g/mol. The molecule has 0 aromatic carbocycles. The molecular formula is C4H10Cl2N4. The first-order valence-corrected chi connectivity index (χ1v) is 2.88. The number of rotatable bonds is 2. The Morgan fingerprint density at radius 1 is 1.40 bits per heavy atom. The molecule has 4 N–H and O–H groups in total. The van der Waals surface area contributed by atoms with Crippen molar-refractivity contribution in [3.8, 4) is 0 Å². The zero-order chi connectivity index (χ0) is 7.28. The molecule has 0 aliphatic carbocycles. The lowest BCUT2D eigenvalue weighted by Gasteiger charge is -1.87. The SMILES string of the molecule is C/C(CCl)=N\N=C(N)N.Cl. The molecule has 0 fully saturated rings. The van der Waals surface area contributed by atoms with Crippen LogP contribution in [0.2, 0.25) is 0 Å². The van der Waals surface area contributed by atoms with Crippen molar-refractivity contribution in [3.05, 3.63) is 0 Å². The molecule has 0 aromatic heterocycles. The number of nitrogens with zero attached hydrogens (tertiary/aromatic N) is 2. The molecule has 4 nitrogen and oxygen atoms in total. The van der Waals surface area contributed by atoms with Crippen molar-refractivity contribution in [2.45, 2.75) is 6.92 Å². The van der Waals surface area contributed by atoms with E-state index in [2.05, 4.69) is 10.2 Å². The third-order valence-corrected chi connectivity index (χ3v) is 0.916. The fourth-order valence-electron chi connectivity index (χ4n) is 0.170. The second kappa shape index (κ2) is 6.64. The Morgan fingerprint density at radius 3 is 2.20 bits per heavy atom. The van der Waals surface area contributed by atoms with Crippen LogP contribution in [0.3, 0.4) is 0 Å². The largest absolute Gasteiger partial charge is 0.369 e. The highest BCUT2D eigenvalue weighted by molar-refractivity contribution is 6.28. The normalized spacial score (nSPS) is 10.0. The minimum absolute atomic E-state index is 0. The summed E-state index contributed by atoms with van der Waals surface area (Å²) >= 11 is 5.35. The van der Waals surface area contributed by atoms with Gasteiger partial charge in [-0.25, -0.2) is 0 Å². The van der Waals surface area contributed by atoms with Gasteiger partial charge in [0, 0.05) is 0 Å². The maximum absolute atomic E-state index is 5.35. The molecular weight excluding hydrogens is 175 g/mol. The second-order valence-corrected chi connectivity index (χ2v) is 1.76. The van der Waals surface area contributed by atoms with E-state index in [0.717, 1.165) is 0 Å². The van der Waals surface area contributed by atoms with Gasteiger partial charge in [-0.3, -0.25) is 0 Å². The fraction of sp³-hybridized carbons (Fsp3) is 0.500. The Morgan fingerprint density at radius 2 is 1.90 bits per heavy atom. The highest BCUT2D eigenvalue weighted by atomic mass is 35.5. The van der Waals surface area contributed by atoms with Crippen LogP contribution in [0.25, 0.3) is 0 Å². The first kappa shape index (κ1) is 12.2. The van der Waals surface area contributed by atoms with Crippen LogP contribution in [-0.2, 0) is 0 Å². The van der Waals surface area contributed by atoms with Gasteiger partial charge in [0.05, 0.1) is 11.6 Å². The Kier molecular flexibility index (Phi) is 8.11. The third kappa shape index (κ3) is 7.52. The van der Waals surface area contributed by atoms with Crippen molar-refractivity contribution in [1.82, 2.24) is 0 Å². The summed E-state index contributed by atoms with van der Waals surface area (Å²) in [6, 6.07) is 0. The van der Waals surface area contributed by atoms with Crippen molar-refractivity contribution >= 4 is 35.7 Å². The fourth-order valence-corrected chi connectivity index (χ4v) is 0.223. The first-order chi connectivity index (χ1) is 4.16. The van der Waals surface area contributed by atoms with E-state index in [0.29, 0.717) is 11.6 Å². The lowest BCUT2D eigenvalue weighted by atomic mass is 10.5. The van der Waals surface area contributed by atoms with Crippen LogP contribution in [0.4, 0.5) is 0 Å². The summed E-state index contributed by atoms with van der Waals surface area (Å²) in [4.78, 5) is 0. The van der Waals surface area contributed by atoms with E-state index < -0.39 is 0 Å². The number of hydrogen-bond donors (Lipinski definition) is 2. The van der Waals surface area contributed by atoms with Gasteiger partial charge < -0.3 is 11.5 Å². The summed E-state index contributed by atoms with van der Waals surface area (Å²) in [5, 5.41) is 6.94. The van der Waals surface area contributed by atoms with Gasteiger partial charge in [-0.1, -0.05) is 0 Å². The smallest absolute Gasteiger partial charge is 0.211 e. The monoisotopic (exact) mass is 184 g/mol. The molecule has 6 heteroatoms. The topological polar surface area (TPSA) is 76.8 Å². The van der Waals surface area contributed by atoms with Crippen molar-refractivity contribution < 1.29 is 0 Å². The Hall–Kier alpha value is -0.480. The molecule has 0 spiro atoms. The Labute approximate surface area is 70.7 Å². The minimum atomic E-state index is -0.0560. The molecule has 0 aliphatic heterocycles. The third-order valence-electron chi connectivity index (χ3n) is 0.530. The van der Waals surface area contributed by atoms with Gasteiger partial charge in [-0.05, 0) is 6.92 Å². The standard InChI is InChI=1S/C4H9ClN4.ClH/c1-3(2-5)8-9-4(6)7;/h2H2,1H3,(H4,6,7,9);1H/b8-3+;. The summed E-state index contributed by atoms with van der Waals surface area (Å²) in [5.41, 5.74) is 10.6. The van der Waals surface area contributed by atoms with E-state index >= 15 is 0 Å². The number of nitrogens with two attached hydrogens (primary N) is 2. The second-order valence-electron chi connectivity index (χ2n) is 1.49. The highest BCUT2D eigenvalue weighted by Crippen LogP contribution is 1.81. The van der Waals surface area contributed by atoms with Crippen LogP contribution in [0, 0.1) is 0 Å². The molecule has 60 valence electrons. The van der Waals surface area contributed by atoms with E-state index in [4.69, 9.17) is 23.1 Å². The van der Waals surface area contributed by atoms with Crippen LogP contribution in [0.1, 0.15) is 6.92 Å². The van der Waals surface area contributed by atoms with E-state index in [9.17, 15) is 0 Å². The maximum Gasteiger partial charge on any atom is 0.211 e. The predicted molar refractivity (Wildman–Crippen MR) is 46.9 cm³/mol. The average Bonchev–Trinajstić information content (AvgIpc) is 1.83. The predicted octanol–water partition coefficient (Wildman–Crippen LogP) is 0.296. The summed E-state index contributed by atoms with van der Waals surface area (Å²) < 4.78 is 0. The zero-order valence-electron chi connectivity index (χ0n) is 5.54. The van der Waals surface area contributed by atoms with Crippen molar-refractivity contribution in [3.63, 3.8) is 0 Å². The lowest BCUT2D eigenvalue weighted by molar-refractivity contribution is 1.19. The molecule has 0 saturated carbocycles. The number of hydrogen-bond acceptors (Lipinski definition) is 2. The molecule has 10 heavy (non-hydrogen) atoms. The van der Waals surface area contributed by atoms with E-state index in [-0.39, 0.29) is 18.4 Å². The van der Waals surface area contributed by atoms with E-state index in [1.54, 1.807) is 6.92 Å². The van der Waals surface area contributed by atoms with Gasteiger partial charge in [0.25, 0.3) is 0 Å². The highest BCUT2D eigenvalue weighted by Gasteiger charge is 1.83. The molecule has 0 radical (unpaired) electrons. The lowest BCUT2D eigenvalue weighted by Crippen LogP contribution is -2.22. The Balaban J connectivity index is 0. The Bertz CT molecular complexity index is 138. The number of alkyl halides is 1. The molecule has 0 bridgehead atoms. The van der Waals surface area contributed by atoms with Crippen LogP contribution in [0.15, 0.2) is 10.2 Å². The molecule has 0 aromatic rings. The minimum Gasteiger partial charge on any atom is -0.369 e. The van der Waals surface area contributed by atoms with Crippen molar-refractivity contribution in [2.24, 2.45) is 21.7 Å². The van der Waals surface area contributed by atoms with Crippen LogP contribution < -0.4 is 11.5 Å². The number of guanidine groups is 1. The van der Waals surface area contributed by atoms with Gasteiger partial charge in [0.1, 0.15) is 0 Å². The summed E-state index contributed by atoms with van der Waals surface area (Å²) in [6.45, 7) is 1.74. The molecule has 0 unspecified atom stereocenters. The van der Waals surface area contributed by atoms with E-state index in [1.807, 2.05) is 0 Å². The van der Waals surface area contributed by atoms with Gasteiger partial charge in [-0.2, -0.15) is 5.10 Å². The van der Waals surface area contributed by atoms with Gasteiger partial charge in [0.2, 0.25) is 5.96 Å². The van der Waals surface area contributed by atoms with E-state index in [1.165, 1.54) is 0 Å². The summed E-state index contributed by atoms with van der Waals surface area (Å²) in [6.07, 6.45) is 0. The van der Waals surface area contributed by atoms with Gasteiger partial charge >= 0.3 is 0 Å². The van der Waals surface area contributed by atoms with Gasteiger partial charge in [0.15, 0.2) is 0 Å². The maximum atomic E-state index is 5.35. The van der Waals surface area contributed by atoms with Crippen LogP contribution >= 0.6 is 24.0 Å². The molecule has 0 rings (SSSR count). The van der Waals surface area contributed by atoms with Gasteiger partial charge in [-0.15, -0.1) is 29.1 Å². The molecule has 0 heterocycles. The molecule has 0 saturated heterocycles. The first-order valence-electron chi connectivity index (χ1n) is 2.35. The van der Waals surface area contributed by atoms with Crippen molar-refractivity contribution in [1.29, 1.82) is 0 Å². The molecule has 0 amide bonds. The zero-order valence-corrected chi connectivity index (χ0v) is 7.11. The number of halogens is 2. The quantitative estimate of drug-likeness (QED) is 0.281. The van der Waals surface area contributed by atoms with Crippen LogP contribution in [-0.4, -0.2) is 17.6 Å².